The number of H-pyrrole nitrogens is 1. The lowest BCUT2D eigenvalue weighted by molar-refractivity contribution is 0.0455. The Balaban J connectivity index is 2.10. The Hall–Kier alpha value is -1.50. The Bertz CT molecular complexity index is 544. The van der Waals surface area contributed by atoms with E-state index in [1.165, 1.54) is 13.2 Å². The summed E-state index contributed by atoms with van der Waals surface area (Å²) in [5.74, 6) is 1.67. The van der Waals surface area contributed by atoms with E-state index in [0.717, 1.165) is 16.1 Å². The minimum atomic E-state index is -0.707. The van der Waals surface area contributed by atoms with E-state index in [9.17, 15) is 14.4 Å². The summed E-state index contributed by atoms with van der Waals surface area (Å²) in [5, 5.41) is 0. The number of aromatic nitrogens is 2. The van der Waals surface area contributed by atoms with Gasteiger partial charge in [0.1, 0.15) is 5.56 Å². The average Bonchev–Trinajstić information content (AvgIpc) is 2.21. The fraction of sp³-hybridized carbons (Fsp3) is 0.500. The number of rotatable bonds is 3. The molecule has 0 aromatic carbocycles. The monoisotopic (exact) mass is 256 g/mol. The Labute approximate surface area is 101 Å². The van der Waals surface area contributed by atoms with Crippen molar-refractivity contribution in [1.29, 1.82) is 0 Å². The van der Waals surface area contributed by atoms with Crippen LogP contribution < -0.4 is 11.2 Å². The molecule has 0 bridgehead atoms. The molecule has 1 fully saturated rings. The number of nitrogens with zero attached hydrogens (tertiary/aromatic N) is 1. The van der Waals surface area contributed by atoms with Crippen molar-refractivity contribution in [2.24, 2.45) is 13.0 Å². The first-order valence-corrected chi connectivity index (χ1v) is 6.28. The fourth-order valence-electron chi connectivity index (χ4n) is 1.36. The van der Waals surface area contributed by atoms with Crippen LogP contribution in [0.15, 0.2) is 15.8 Å². The van der Waals surface area contributed by atoms with Gasteiger partial charge >= 0.3 is 11.7 Å². The number of nitrogens with one attached hydrogen (secondary N) is 1. The lowest BCUT2D eigenvalue weighted by atomic mass is 10.2. The third kappa shape index (κ3) is 2.60. The summed E-state index contributed by atoms with van der Waals surface area (Å²) in [5.41, 5.74) is -1.40. The molecule has 2 rings (SSSR count). The zero-order chi connectivity index (χ0) is 12.4. The van der Waals surface area contributed by atoms with E-state index in [1.807, 2.05) is 0 Å². The zero-order valence-electron chi connectivity index (χ0n) is 9.26. The molecular weight excluding hydrogens is 244 g/mol. The number of thioether (sulfide) groups is 1. The van der Waals surface area contributed by atoms with E-state index in [-0.39, 0.29) is 5.56 Å². The van der Waals surface area contributed by atoms with Gasteiger partial charge < -0.3 is 9.30 Å². The summed E-state index contributed by atoms with van der Waals surface area (Å²) in [6.07, 6.45) is 1.19. The van der Waals surface area contributed by atoms with Crippen LogP contribution in [0.2, 0.25) is 0 Å². The normalized spacial score (nSPS) is 15.4. The van der Waals surface area contributed by atoms with Crippen molar-refractivity contribution in [3.8, 4) is 0 Å². The Kier molecular flexibility index (Phi) is 3.37. The highest BCUT2D eigenvalue weighted by molar-refractivity contribution is 8.00. The van der Waals surface area contributed by atoms with Crippen LogP contribution in [0.5, 0.6) is 0 Å². The minimum absolute atomic E-state index is 0.140. The van der Waals surface area contributed by atoms with E-state index in [1.54, 1.807) is 11.8 Å². The van der Waals surface area contributed by atoms with Gasteiger partial charge in [0.05, 0.1) is 6.61 Å². The first-order valence-electron chi connectivity index (χ1n) is 5.12. The highest BCUT2D eigenvalue weighted by Crippen LogP contribution is 2.24. The van der Waals surface area contributed by atoms with Gasteiger partial charge in [0.25, 0.3) is 5.56 Å². The van der Waals surface area contributed by atoms with Crippen molar-refractivity contribution < 1.29 is 9.53 Å². The fourth-order valence-corrected chi connectivity index (χ4v) is 2.12. The number of aromatic amines is 1. The summed E-state index contributed by atoms with van der Waals surface area (Å²) in [6.45, 7) is 0.327. The van der Waals surface area contributed by atoms with Crippen LogP contribution in [-0.4, -0.2) is 33.6 Å². The molecule has 0 radical (unpaired) electrons. The van der Waals surface area contributed by atoms with Gasteiger partial charge in [-0.2, -0.15) is 11.8 Å². The minimum Gasteiger partial charge on any atom is -0.462 e. The summed E-state index contributed by atoms with van der Waals surface area (Å²) in [7, 11) is 1.46. The predicted molar refractivity (Wildman–Crippen MR) is 63.4 cm³/mol. The Morgan fingerprint density at radius 2 is 2.29 bits per heavy atom. The molecule has 0 unspecified atom stereocenters. The molecule has 0 atom stereocenters. The number of hydrogen-bond donors (Lipinski definition) is 1. The van der Waals surface area contributed by atoms with E-state index >= 15 is 0 Å². The first-order chi connectivity index (χ1) is 8.08. The van der Waals surface area contributed by atoms with Crippen molar-refractivity contribution in [1.82, 2.24) is 9.55 Å². The van der Waals surface area contributed by atoms with Gasteiger partial charge in [0, 0.05) is 30.7 Å². The van der Waals surface area contributed by atoms with Gasteiger partial charge in [-0.3, -0.25) is 9.78 Å². The lowest BCUT2D eigenvalue weighted by Gasteiger charge is -2.23. The molecule has 7 heteroatoms. The van der Waals surface area contributed by atoms with Crippen LogP contribution >= 0.6 is 11.8 Å². The molecular formula is C10H12N2O4S. The lowest BCUT2D eigenvalue weighted by Crippen LogP contribution is -2.33. The molecule has 0 aliphatic carbocycles. The molecule has 1 N–H and O–H groups in total. The van der Waals surface area contributed by atoms with Crippen molar-refractivity contribution in [3.05, 3.63) is 32.6 Å². The smallest absolute Gasteiger partial charge is 0.345 e. The highest BCUT2D eigenvalue weighted by atomic mass is 32.2. The van der Waals surface area contributed by atoms with Gasteiger partial charge in [-0.1, -0.05) is 0 Å². The summed E-state index contributed by atoms with van der Waals surface area (Å²) in [6, 6.07) is 0. The molecule has 1 aromatic heterocycles. The van der Waals surface area contributed by atoms with Gasteiger partial charge in [0.2, 0.25) is 0 Å². The number of carbonyl (C=O) groups excluding carboxylic acids is 1. The largest absolute Gasteiger partial charge is 0.462 e. The molecule has 1 aromatic rings. The van der Waals surface area contributed by atoms with Crippen LogP contribution in [0.3, 0.4) is 0 Å². The summed E-state index contributed by atoms with van der Waals surface area (Å²) in [4.78, 5) is 36.1. The molecule has 0 amide bonds. The van der Waals surface area contributed by atoms with Crippen LogP contribution in [0.1, 0.15) is 10.4 Å². The average molecular weight is 256 g/mol. The second-order valence-electron chi connectivity index (χ2n) is 3.91. The van der Waals surface area contributed by atoms with Crippen molar-refractivity contribution in [3.63, 3.8) is 0 Å². The topological polar surface area (TPSA) is 81.2 Å². The molecule has 2 heterocycles. The van der Waals surface area contributed by atoms with E-state index < -0.39 is 17.2 Å². The van der Waals surface area contributed by atoms with Gasteiger partial charge in [-0.25, -0.2) is 9.59 Å². The van der Waals surface area contributed by atoms with Gasteiger partial charge in [-0.05, 0) is 0 Å². The standard InChI is InChI=1S/C10H12N2O4S/c1-12-2-7(8(13)11-10(12)15)9(14)16-3-6-4-17-5-6/h2,6H,3-5H2,1H3,(H,11,13,15). The van der Waals surface area contributed by atoms with E-state index in [4.69, 9.17) is 4.74 Å². The molecule has 1 aliphatic heterocycles. The van der Waals surface area contributed by atoms with Crippen LogP contribution in [-0.2, 0) is 11.8 Å². The third-order valence-corrected chi connectivity index (χ3v) is 3.90. The number of esters is 1. The Morgan fingerprint density at radius 3 is 2.88 bits per heavy atom. The predicted octanol–water partition coefficient (Wildman–Crippen LogP) is -0.407. The van der Waals surface area contributed by atoms with Crippen molar-refractivity contribution >= 4 is 17.7 Å². The maximum atomic E-state index is 11.6. The van der Waals surface area contributed by atoms with Crippen molar-refractivity contribution in [2.75, 3.05) is 18.1 Å². The molecule has 0 saturated carbocycles. The Morgan fingerprint density at radius 1 is 1.59 bits per heavy atom. The van der Waals surface area contributed by atoms with Crippen molar-refractivity contribution in [2.45, 2.75) is 0 Å². The zero-order valence-corrected chi connectivity index (χ0v) is 10.1. The SMILES string of the molecule is Cn1cc(C(=O)OCC2CSC2)c(=O)[nH]c1=O. The molecule has 92 valence electrons. The van der Waals surface area contributed by atoms with E-state index in [0.29, 0.717) is 12.5 Å². The van der Waals surface area contributed by atoms with Gasteiger partial charge in [0.15, 0.2) is 0 Å². The quantitative estimate of drug-likeness (QED) is 0.744. The second-order valence-corrected chi connectivity index (χ2v) is 4.99. The van der Waals surface area contributed by atoms with Crippen LogP contribution in [0.25, 0.3) is 0 Å². The van der Waals surface area contributed by atoms with Crippen LogP contribution in [0, 0.1) is 5.92 Å². The maximum absolute atomic E-state index is 11.6. The maximum Gasteiger partial charge on any atom is 0.345 e. The molecule has 0 spiro atoms. The first kappa shape index (κ1) is 12.0. The molecule has 17 heavy (non-hydrogen) atoms. The van der Waals surface area contributed by atoms with Crippen LogP contribution in [0.4, 0.5) is 0 Å². The molecule has 6 nitrogen and oxygen atoms in total. The number of aryl methyl sites for hydroxylation is 1. The summed E-state index contributed by atoms with van der Waals surface area (Å²) >= 11 is 1.80. The van der Waals surface area contributed by atoms with Gasteiger partial charge in [-0.15, -0.1) is 0 Å². The molecule has 1 saturated heterocycles. The third-order valence-electron chi connectivity index (χ3n) is 2.49. The number of hydrogen-bond acceptors (Lipinski definition) is 5. The summed E-state index contributed by atoms with van der Waals surface area (Å²) < 4.78 is 6.16. The number of ether oxygens (including phenoxy) is 1. The second kappa shape index (κ2) is 4.79. The highest BCUT2D eigenvalue weighted by Gasteiger charge is 2.21. The number of carbonyl (C=O) groups is 1. The molecule has 1 aliphatic rings. The van der Waals surface area contributed by atoms with E-state index in [2.05, 4.69) is 4.98 Å².